The molecule has 8 atom stereocenters. The van der Waals surface area contributed by atoms with Crippen LogP contribution in [0.25, 0.3) is 0 Å². The summed E-state index contributed by atoms with van der Waals surface area (Å²) in [4.78, 5) is 132. The molecule has 4 aromatic rings. The summed E-state index contributed by atoms with van der Waals surface area (Å²) >= 11 is 0. The normalized spacial score (nSPS) is 22.0. The Morgan fingerprint density at radius 2 is 0.682 bits per heavy atom. The number of hydrogen-bond donors (Lipinski definition) is 0. The fourth-order valence-corrected chi connectivity index (χ4v) is 10.6. The minimum absolute atomic E-state index is 0.0708. The Bertz CT molecular complexity index is 2770. The van der Waals surface area contributed by atoms with Gasteiger partial charge in [0.2, 0.25) is 11.8 Å². The molecule has 20 heteroatoms. The van der Waals surface area contributed by atoms with E-state index in [1.165, 1.54) is 42.0 Å². The zero-order chi connectivity index (χ0) is 65.1. The highest BCUT2D eigenvalue weighted by Gasteiger charge is 2.43. The van der Waals surface area contributed by atoms with Gasteiger partial charge in [-0.05, 0) is 111 Å². The quantitative estimate of drug-likeness (QED) is 0.0597. The van der Waals surface area contributed by atoms with Gasteiger partial charge in [0, 0.05) is 77.4 Å². The first kappa shape index (κ1) is 70.9. The number of esters is 4. The number of carbonyl (C=O) groups is 8. The van der Waals surface area contributed by atoms with E-state index >= 15 is 9.59 Å². The summed E-state index contributed by atoms with van der Waals surface area (Å²) < 4.78 is 35.9. The van der Waals surface area contributed by atoms with Crippen molar-refractivity contribution in [1.29, 1.82) is 0 Å². The van der Waals surface area contributed by atoms with Gasteiger partial charge >= 0.3 is 23.9 Å². The van der Waals surface area contributed by atoms with Crippen molar-refractivity contribution in [3.05, 3.63) is 119 Å². The Kier molecular flexibility index (Phi) is 26.9. The summed E-state index contributed by atoms with van der Waals surface area (Å²) in [5.41, 5.74) is 4.76. The zero-order valence-corrected chi connectivity index (χ0v) is 54.5. The Hall–Kier alpha value is -7.90. The first-order chi connectivity index (χ1) is 41.6. The molecule has 1 fully saturated rings. The monoisotopic (exact) mass is 1220 g/mol. The summed E-state index contributed by atoms with van der Waals surface area (Å²) in [5.74, 6) is -6.53. The Morgan fingerprint density at radius 1 is 0.409 bits per heavy atom. The fraction of sp³-hybridized carbons (Fsp3) is 0.559. The molecule has 2 aromatic heterocycles. The third kappa shape index (κ3) is 20.1. The van der Waals surface area contributed by atoms with Crippen molar-refractivity contribution in [2.24, 2.45) is 23.7 Å². The standard InChI is InChI=1S/C68H94N6O14/c1-17-83-59-51(21-19-31-69-59)37-47-23-27-49(28-24-47)39-57-63(77)73(15)53(33-41(3)4)65(79)85-46(12)62(76)72(14)56(36-44(9)10)68(82)88-58(40-50-29-25-48(26-30-50)38-52-22-20-32-70-60(52)84-18-2)64(78)74(16)54(34-42(5)6)66(80)86-45(11)61(75)71(13)55(35-43(7)8)67(81)87-57/h19-32,41-46,53-58H,17-18,33-40H2,1-16H3. The summed E-state index contributed by atoms with van der Waals surface area (Å²) in [6, 6.07) is 17.1. The van der Waals surface area contributed by atoms with Crippen LogP contribution in [-0.4, -0.2) is 167 Å². The maximum atomic E-state index is 15.1. The van der Waals surface area contributed by atoms with Crippen LogP contribution in [0.15, 0.2) is 85.2 Å². The van der Waals surface area contributed by atoms with Gasteiger partial charge in [0.05, 0.1) is 13.2 Å². The number of likely N-dealkylation sites (N-methyl/N-ethyl adjacent to an activating group) is 4. The van der Waals surface area contributed by atoms with E-state index in [1.807, 2.05) is 142 Å². The third-order valence-electron chi connectivity index (χ3n) is 15.4. The number of pyridine rings is 2. The topological polar surface area (TPSA) is 231 Å². The van der Waals surface area contributed by atoms with Crippen molar-refractivity contribution >= 4 is 47.5 Å². The van der Waals surface area contributed by atoms with Crippen molar-refractivity contribution < 1.29 is 66.8 Å². The zero-order valence-electron chi connectivity index (χ0n) is 54.5. The van der Waals surface area contributed by atoms with Gasteiger partial charge in [-0.25, -0.2) is 29.1 Å². The van der Waals surface area contributed by atoms with E-state index in [4.69, 9.17) is 28.4 Å². The minimum Gasteiger partial charge on any atom is -0.478 e. The maximum Gasteiger partial charge on any atom is 0.329 e. The number of hydrogen-bond acceptors (Lipinski definition) is 16. The van der Waals surface area contributed by atoms with Crippen molar-refractivity contribution in [2.75, 3.05) is 41.4 Å². The largest absolute Gasteiger partial charge is 0.478 e. The molecule has 0 saturated carbocycles. The number of aromatic nitrogens is 2. The fourth-order valence-electron chi connectivity index (χ4n) is 10.6. The Morgan fingerprint density at radius 3 is 0.966 bits per heavy atom. The lowest BCUT2D eigenvalue weighted by atomic mass is 9.99. The maximum absolute atomic E-state index is 15.1. The van der Waals surface area contributed by atoms with Gasteiger partial charge in [-0.3, -0.25) is 19.2 Å². The van der Waals surface area contributed by atoms with Gasteiger partial charge in [0.25, 0.3) is 23.6 Å². The average Bonchev–Trinajstić information content (AvgIpc) is 3.68. The molecule has 1 aliphatic heterocycles. The minimum atomic E-state index is -1.56. The number of benzene rings is 2. The van der Waals surface area contributed by atoms with Gasteiger partial charge < -0.3 is 48.0 Å². The first-order valence-electron chi connectivity index (χ1n) is 30.8. The van der Waals surface area contributed by atoms with Gasteiger partial charge in [-0.1, -0.05) is 116 Å². The number of rotatable bonds is 20. The van der Waals surface area contributed by atoms with E-state index in [0.29, 0.717) is 48.9 Å². The Balaban J connectivity index is 1.59. The second-order valence-electron chi connectivity index (χ2n) is 24.6. The second-order valence-corrected chi connectivity index (χ2v) is 24.6. The number of amides is 4. The lowest BCUT2D eigenvalue weighted by molar-refractivity contribution is -0.176. The highest BCUT2D eigenvalue weighted by Crippen LogP contribution is 2.27. The van der Waals surface area contributed by atoms with Crippen molar-refractivity contribution in [1.82, 2.24) is 29.6 Å². The summed E-state index contributed by atoms with van der Waals surface area (Å²) in [7, 11) is 5.57. The number of cyclic esters (lactones) is 4. The molecule has 3 heterocycles. The Labute approximate surface area is 520 Å². The summed E-state index contributed by atoms with van der Waals surface area (Å²) in [6.45, 7) is 22.2. The molecule has 1 aliphatic rings. The molecule has 0 aliphatic carbocycles. The van der Waals surface area contributed by atoms with Crippen molar-refractivity contribution in [2.45, 2.75) is 183 Å². The van der Waals surface area contributed by atoms with Crippen LogP contribution in [0, 0.1) is 23.7 Å². The molecule has 1 saturated heterocycles. The van der Waals surface area contributed by atoms with Crippen LogP contribution in [0.1, 0.15) is 142 Å². The van der Waals surface area contributed by atoms with Crippen LogP contribution in [0.2, 0.25) is 0 Å². The molecule has 88 heavy (non-hydrogen) atoms. The van der Waals surface area contributed by atoms with Crippen LogP contribution in [0.4, 0.5) is 0 Å². The van der Waals surface area contributed by atoms with E-state index in [9.17, 15) is 28.8 Å². The molecular weight excluding hydrogens is 1120 g/mol. The lowest BCUT2D eigenvalue weighted by Gasteiger charge is -2.35. The lowest BCUT2D eigenvalue weighted by Crippen LogP contribution is -2.55. The molecule has 5 rings (SSSR count). The van der Waals surface area contributed by atoms with Crippen LogP contribution in [-0.2, 0) is 83.0 Å². The smallest absolute Gasteiger partial charge is 0.329 e. The summed E-state index contributed by atoms with van der Waals surface area (Å²) in [6.07, 6.45) is -1.83. The highest BCUT2D eigenvalue weighted by molar-refractivity contribution is 5.94. The number of ether oxygens (including phenoxy) is 6. The molecule has 8 unspecified atom stereocenters. The third-order valence-corrected chi connectivity index (χ3v) is 15.4. The molecule has 480 valence electrons. The highest BCUT2D eigenvalue weighted by atomic mass is 16.6. The molecule has 0 spiro atoms. The van der Waals surface area contributed by atoms with Crippen molar-refractivity contribution in [3.8, 4) is 11.8 Å². The van der Waals surface area contributed by atoms with E-state index in [0.717, 1.165) is 41.9 Å². The van der Waals surface area contributed by atoms with Crippen LogP contribution < -0.4 is 9.47 Å². The predicted molar refractivity (Wildman–Crippen MR) is 332 cm³/mol. The number of carbonyl (C=O) groups excluding carboxylic acids is 8. The SMILES string of the molecule is CCOc1ncccc1Cc1ccc(CC2OC(=O)C(CC(C)C)N(C)C(=O)C(C)OC(=O)C(CC(C)C)N(C)C(=O)C(Cc3ccc(Cc4cccnc4OCC)cc3)OC(=O)C(CC(C)C)N(C)C(=O)C(C)OC(=O)C(CC(C)C)N(C)C2=O)cc1. The van der Waals surface area contributed by atoms with Crippen LogP contribution >= 0.6 is 0 Å². The van der Waals surface area contributed by atoms with Gasteiger partial charge in [0.15, 0.2) is 24.4 Å². The molecule has 2 aromatic carbocycles. The van der Waals surface area contributed by atoms with E-state index in [-0.39, 0.29) is 62.2 Å². The molecule has 20 nitrogen and oxygen atoms in total. The van der Waals surface area contributed by atoms with E-state index in [1.54, 1.807) is 12.4 Å². The van der Waals surface area contributed by atoms with Crippen LogP contribution in [0.3, 0.4) is 0 Å². The molecule has 0 radical (unpaired) electrons. The molecule has 0 bridgehead atoms. The predicted octanol–water partition coefficient (Wildman–Crippen LogP) is 8.43. The van der Waals surface area contributed by atoms with Gasteiger partial charge in [-0.2, -0.15) is 0 Å². The van der Waals surface area contributed by atoms with Gasteiger partial charge in [-0.15, -0.1) is 0 Å². The molecule has 4 amide bonds. The average molecular weight is 1220 g/mol. The van der Waals surface area contributed by atoms with E-state index in [2.05, 4.69) is 9.97 Å². The molecular formula is C68H94N6O14. The second kappa shape index (κ2) is 33.4. The first-order valence-corrected chi connectivity index (χ1v) is 30.8. The molecule has 0 N–H and O–H groups in total. The van der Waals surface area contributed by atoms with Gasteiger partial charge in [0.1, 0.15) is 24.2 Å². The summed E-state index contributed by atoms with van der Waals surface area (Å²) in [5, 5.41) is 0. The van der Waals surface area contributed by atoms with E-state index < -0.39 is 96.1 Å². The van der Waals surface area contributed by atoms with Crippen LogP contribution in [0.5, 0.6) is 11.8 Å². The number of nitrogens with zero attached hydrogens (tertiary/aromatic N) is 6. The van der Waals surface area contributed by atoms with Crippen molar-refractivity contribution in [3.63, 3.8) is 0 Å².